The zero-order chi connectivity index (χ0) is 14.7. The normalized spacial score (nSPS) is 10.2. The SMILES string of the molecule is COc1cc(NC(=O)c2cc(C)nc(N)c2)ccc1Cl. The second kappa shape index (κ2) is 5.79. The number of nitrogens with zero attached hydrogens (tertiary/aromatic N) is 1. The van der Waals surface area contributed by atoms with E-state index in [1.165, 1.54) is 13.2 Å². The number of halogens is 1. The zero-order valence-electron chi connectivity index (χ0n) is 11.1. The molecule has 2 rings (SSSR count). The Hall–Kier alpha value is -2.27. The van der Waals surface area contributed by atoms with Gasteiger partial charge in [0.25, 0.3) is 5.91 Å². The van der Waals surface area contributed by atoms with Crippen LogP contribution in [0, 0.1) is 6.92 Å². The smallest absolute Gasteiger partial charge is 0.255 e. The van der Waals surface area contributed by atoms with Crippen LogP contribution in [0.2, 0.25) is 5.02 Å². The fraction of sp³-hybridized carbons (Fsp3) is 0.143. The average molecular weight is 292 g/mol. The zero-order valence-corrected chi connectivity index (χ0v) is 11.9. The van der Waals surface area contributed by atoms with Gasteiger partial charge in [0, 0.05) is 23.0 Å². The minimum atomic E-state index is -0.272. The second-order valence-corrected chi connectivity index (χ2v) is 4.63. The van der Waals surface area contributed by atoms with Crippen molar-refractivity contribution in [3.63, 3.8) is 0 Å². The number of amides is 1. The maximum Gasteiger partial charge on any atom is 0.255 e. The third-order valence-electron chi connectivity index (χ3n) is 2.64. The Kier molecular flexibility index (Phi) is 4.10. The number of methoxy groups -OCH3 is 1. The molecule has 3 N–H and O–H groups in total. The van der Waals surface area contributed by atoms with Crippen molar-refractivity contribution in [3.05, 3.63) is 46.6 Å². The van der Waals surface area contributed by atoms with Gasteiger partial charge in [-0.15, -0.1) is 0 Å². The highest BCUT2D eigenvalue weighted by atomic mass is 35.5. The van der Waals surface area contributed by atoms with Crippen LogP contribution in [0.3, 0.4) is 0 Å². The molecule has 1 amide bonds. The van der Waals surface area contributed by atoms with Crippen LogP contribution in [0.15, 0.2) is 30.3 Å². The third-order valence-corrected chi connectivity index (χ3v) is 2.96. The Morgan fingerprint density at radius 1 is 1.35 bits per heavy atom. The minimum absolute atomic E-state index is 0.272. The van der Waals surface area contributed by atoms with Crippen LogP contribution < -0.4 is 15.8 Å². The second-order valence-electron chi connectivity index (χ2n) is 4.23. The highest BCUT2D eigenvalue weighted by Crippen LogP contribution is 2.27. The fourth-order valence-corrected chi connectivity index (χ4v) is 1.96. The lowest BCUT2D eigenvalue weighted by Crippen LogP contribution is -2.13. The summed E-state index contributed by atoms with van der Waals surface area (Å²) in [6.45, 7) is 1.78. The van der Waals surface area contributed by atoms with Crippen molar-refractivity contribution in [2.45, 2.75) is 6.92 Å². The standard InChI is InChI=1S/C14H14ClN3O2/c1-8-5-9(6-13(16)17-8)14(19)18-10-3-4-11(15)12(7-10)20-2/h3-7H,1-2H3,(H2,16,17)(H,18,19). The van der Waals surface area contributed by atoms with Crippen molar-refractivity contribution in [2.75, 3.05) is 18.2 Å². The lowest BCUT2D eigenvalue weighted by atomic mass is 10.2. The molecule has 0 fully saturated rings. The lowest BCUT2D eigenvalue weighted by molar-refractivity contribution is 0.102. The Balaban J connectivity index is 2.23. The molecule has 0 aliphatic heterocycles. The van der Waals surface area contributed by atoms with Crippen LogP contribution in [0.1, 0.15) is 16.1 Å². The van der Waals surface area contributed by atoms with E-state index in [9.17, 15) is 4.79 Å². The van der Waals surface area contributed by atoms with Crippen LogP contribution in [-0.2, 0) is 0 Å². The van der Waals surface area contributed by atoms with Crippen molar-refractivity contribution in [1.29, 1.82) is 0 Å². The molecule has 0 bridgehead atoms. The molecule has 0 atom stereocenters. The van der Waals surface area contributed by atoms with E-state index in [0.29, 0.717) is 33.5 Å². The summed E-state index contributed by atoms with van der Waals surface area (Å²) in [5.41, 5.74) is 7.35. The molecule has 2 aromatic rings. The number of aryl methyl sites for hydroxylation is 1. The highest BCUT2D eigenvalue weighted by Gasteiger charge is 2.09. The number of benzene rings is 1. The van der Waals surface area contributed by atoms with Gasteiger partial charge in [-0.25, -0.2) is 4.98 Å². The number of pyridine rings is 1. The summed E-state index contributed by atoms with van der Waals surface area (Å²) in [6, 6.07) is 8.19. The van der Waals surface area contributed by atoms with E-state index in [2.05, 4.69) is 10.3 Å². The first-order chi connectivity index (χ1) is 9.49. The van der Waals surface area contributed by atoms with E-state index in [1.54, 1.807) is 31.2 Å². The molecule has 104 valence electrons. The van der Waals surface area contributed by atoms with Crippen LogP contribution >= 0.6 is 11.6 Å². The number of rotatable bonds is 3. The van der Waals surface area contributed by atoms with E-state index in [0.717, 1.165) is 0 Å². The molecule has 0 aliphatic carbocycles. The average Bonchev–Trinajstić information content (AvgIpc) is 2.39. The Morgan fingerprint density at radius 2 is 2.10 bits per heavy atom. The molecular formula is C14H14ClN3O2. The predicted molar refractivity (Wildman–Crippen MR) is 79.3 cm³/mol. The molecule has 6 heteroatoms. The Morgan fingerprint density at radius 3 is 2.75 bits per heavy atom. The number of hydrogen-bond donors (Lipinski definition) is 2. The fourth-order valence-electron chi connectivity index (χ4n) is 1.77. The summed E-state index contributed by atoms with van der Waals surface area (Å²) in [5, 5.41) is 3.23. The van der Waals surface area contributed by atoms with Crippen molar-refractivity contribution >= 4 is 29.0 Å². The van der Waals surface area contributed by atoms with Gasteiger partial charge in [-0.3, -0.25) is 4.79 Å². The maximum absolute atomic E-state index is 12.1. The number of ether oxygens (including phenoxy) is 1. The molecule has 0 aliphatic rings. The molecule has 1 aromatic heterocycles. The van der Waals surface area contributed by atoms with E-state index in [1.807, 2.05) is 0 Å². The summed E-state index contributed by atoms with van der Waals surface area (Å²) in [7, 11) is 1.51. The molecular weight excluding hydrogens is 278 g/mol. The van der Waals surface area contributed by atoms with Crippen LogP contribution in [-0.4, -0.2) is 18.0 Å². The summed E-state index contributed by atoms with van der Waals surface area (Å²) in [6.07, 6.45) is 0. The van der Waals surface area contributed by atoms with E-state index >= 15 is 0 Å². The van der Waals surface area contributed by atoms with Gasteiger partial charge >= 0.3 is 0 Å². The number of hydrogen-bond acceptors (Lipinski definition) is 4. The molecule has 0 radical (unpaired) electrons. The number of nitrogens with two attached hydrogens (primary N) is 1. The maximum atomic E-state index is 12.1. The number of nitrogen functional groups attached to an aromatic ring is 1. The van der Waals surface area contributed by atoms with Gasteiger partial charge in [-0.1, -0.05) is 11.6 Å². The van der Waals surface area contributed by atoms with Gasteiger partial charge in [-0.05, 0) is 31.2 Å². The number of anilines is 2. The van der Waals surface area contributed by atoms with Crippen molar-refractivity contribution in [1.82, 2.24) is 4.98 Å². The monoisotopic (exact) mass is 291 g/mol. The topological polar surface area (TPSA) is 77.2 Å². The number of aromatic nitrogens is 1. The van der Waals surface area contributed by atoms with Gasteiger partial charge in [0.1, 0.15) is 11.6 Å². The van der Waals surface area contributed by atoms with Gasteiger partial charge in [0.2, 0.25) is 0 Å². The van der Waals surface area contributed by atoms with Crippen molar-refractivity contribution < 1.29 is 9.53 Å². The molecule has 1 aromatic carbocycles. The Bertz CT molecular complexity index is 639. The summed E-state index contributed by atoms with van der Waals surface area (Å²) < 4.78 is 5.10. The third kappa shape index (κ3) is 3.19. The van der Waals surface area contributed by atoms with Gasteiger partial charge < -0.3 is 15.8 Å². The van der Waals surface area contributed by atoms with E-state index in [4.69, 9.17) is 22.1 Å². The van der Waals surface area contributed by atoms with Crippen molar-refractivity contribution in [3.8, 4) is 5.75 Å². The number of nitrogens with one attached hydrogen (secondary N) is 1. The Labute approximate surface area is 121 Å². The van der Waals surface area contributed by atoms with Gasteiger partial charge in [0.15, 0.2) is 0 Å². The largest absolute Gasteiger partial charge is 0.495 e. The number of carbonyl (C=O) groups is 1. The molecule has 5 nitrogen and oxygen atoms in total. The van der Waals surface area contributed by atoms with Crippen molar-refractivity contribution in [2.24, 2.45) is 0 Å². The van der Waals surface area contributed by atoms with Crippen LogP contribution in [0.5, 0.6) is 5.75 Å². The summed E-state index contributed by atoms with van der Waals surface area (Å²) in [5.74, 6) is 0.533. The predicted octanol–water partition coefficient (Wildman–Crippen LogP) is 2.89. The molecule has 0 saturated carbocycles. The quantitative estimate of drug-likeness (QED) is 0.911. The highest BCUT2D eigenvalue weighted by molar-refractivity contribution is 6.32. The number of carbonyl (C=O) groups excluding carboxylic acids is 1. The molecule has 0 spiro atoms. The first kappa shape index (κ1) is 14.1. The summed E-state index contributed by atoms with van der Waals surface area (Å²) in [4.78, 5) is 16.2. The molecule has 0 saturated heterocycles. The van der Waals surface area contributed by atoms with Gasteiger partial charge in [-0.2, -0.15) is 0 Å². The molecule has 1 heterocycles. The van der Waals surface area contributed by atoms with Crippen LogP contribution in [0.25, 0.3) is 0 Å². The first-order valence-corrected chi connectivity index (χ1v) is 6.26. The van der Waals surface area contributed by atoms with Crippen LogP contribution in [0.4, 0.5) is 11.5 Å². The lowest BCUT2D eigenvalue weighted by Gasteiger charge is -2.09. The van der Waals surface area contributed by atoms with E-state index in [-0.39, 0.29) is 5.91 Å². The van der Waals surface area contributed by atoms with E-state index < -0.39 is 0 Å². The minimum Gasteiger partial charge on any atom is -0.495 e. The van der Waals surface area contributed by atoms with Gasteiger partial charge in [0.05, 0.1) is 12.1 Å². The molecule has 0 unspecified atom stereocenters. The first-order valence-electron chi connectivity index (χ1n) is 5.88. The molecule has 20 heavy (non-hydrogen) atoms. The summed E-state index contributed by atoms with van der Waals surface area (Å²) >= 11 is 5.93.